The van der Waals surface area contributed by atoms with E-state index in [1.165, 1.54) is 0 Å². The van der Waals surface area contributed by atoms with Crippen LogP contribution in [0.25, 0.3) is 0 Å². The Kier molecular flexibility index (Phi) is 3.51. The fourth-order valence-electron chi connectivity index (χ4n) is 1.25. The quantitative estimate of drug-likeness (QED) is 0.720. The van der Waals surface area contributed by atoms with E-state index in [0.29, 0.717) is 11.5 Å². The van der Waals surface area contributed by atoms with Gasteiger partial charge in [0, 0.05) is 0 Å². The summed E-state index contributed by atoms with van der Waals surface area (Å²) in [5.41, 5.74) is 1.66. The molecule has 0 aromatic heterocycles. The van der Waals surface area contributed by atoms with Gasteiger partial charge in [-0.25, -0.2) is 4.79 Å². The summed E-state index contributed by atoms with van der Waals surface area (Å²) in [5.74, 6) is 0.0582. The number of rotatable bonds is 2. The molecule has 3 heteroatoms. The Bertz CT molecular complexity index is 310. The molecule has 0 bridgehead atoms. The van der Waals surface area contributed by atoms with Gasteiger partial charge in [0.05, 0.1) is 5.56 Å². The zero-order valence-electron chi connectivity index (χ0n) is 7.69. The van der Waals surface area contributed by atoms with E-state index in [1.807, 2.05) is 32.0 Å². The molecule has 0 fully saturated rings. The highest BCUT2D eigenvalue weighted by molar-refractivity contribution is 7.78. The van der Waals surface area contributed by atoms with Crippen molar-refractivity contribution in [2.24, 2.45) is 0 Å². The number of benzene rings is 1. The summed E-state index contributed by atoms with van der Waals surface area (Å²) in [6, 6.07) is 7.47. The molecule has 1 aromatic carbocycles. The summed E-state index contributed by atoms with van der Waals surface area (Å²) in [5, 5.41) is 0. The van der Waals surface area contributed by atoms with E-state index in [0.717, 1.165) is 5.56 Å². The second-order valence-corrected chi connectivity index (χ2v) is 3.35. The highest BCUT2D eigenvalue weighted by Gasteiger charge is 2.22. The molecule has 2 radical (unpaired) electrons. The molecule has 0 saturated heterocycles. The van der Waals surface area contributed by atoms with Gasteiger partial charge in [0.25, 0.3) is 0 Å². The van der Waals surface area contributed by atoms with Gasteiger partial charge in [0.15, 0.2) is 12.8 Å². The first-order valence-electron chi connectivity index (χ1n) is 4.15. The van der Waals surface area contributed by atoms with Crippen molar-refractivity contribution in [1.82, 2.24) is 4.72 Å². The first-order chi connectivity index (χ1) is 6.16. The molecule has 0 heterocycles. The van der Waals surface area contributed by atoms with Gasteiger partial charge in [-0.2, -0.15) is 0 Å². The van der Waals surface area contributed by atoms with E-state index in [4.69, 9.17) is 0 Å². The minimum absolute atomic E-state index is 0.271. The molecule has 0 aliphatic rings. The van der Waals surface area contributed by atoms with Crippen LogP contribution in [0.5, 0.6) is 0 Å². The molecule has 0 N–H and O–H groups in total. The Morgan fingerprint density at radius 2 is 2.00 bits per heavy atom. The van der Waals surface area contributed by atoms with E-state index < -0.39 is 0 Å². The van der Waals surface area contributed by atoms with Crippen molar-refractivity contribution in [3.63, 3.8) is 0 Å². The van der Waals surface area contributed by atoms with Crippen LogP contribution < -0.4 is 4.72 Å². The van der Waals surface area contributed by atoms with Gasteiger partial charge in [0.1, 0.15) is 0 Å². The lowest BCUT2D eigenvalue weighted by Gasteiger charge is -2.06. The first-order valence-corrected chi connectivity index (χ1v) is 4.55. The molecule has 0 unspecified atom stereocenters. The first kappa shape index (κ1) is 10.3. The van der Waals surface area contributed by atoms with E-state index in [1.54, 1.807) is 6.07 Å². The van der Waals surface area contributed by atoms with Crippen LogP contribution >= 0.6 is 12.8 Å². The normalized spacial score (nSPS) is 10.5. The van der Waals surface area contributed by atoms with Crippen LogP contribution in [0.3, 0.4) is 0 Å². The van der Waals surface area contributed by atoms with Gasteiger partial charge in [0.2, 0.25) is 4.72 Å². The number of hydrogen-bond acceptors (Lipinski definition) is 2. The van der Waals surface area contributed by atoms with Crippen LogP contribution in [-0.2, 0) is 0 Å². The predicted octanol–water partition coefficient (Wildman–Crippen LogP) is 2.40. The number of carbonyl (C=O) groups excluding carboxylic acids is 1. The van der Waals surface area contributed by atoms with Crippen LogP contribution in [0.2, 0.25) is 0 Å². The zero-order valence-corrected chi connectivity index (χ0v) is 8.58. The fourth-order valence-corrected chi connectivity index (χ4v) is 1.36. The van der Waals surface area contributed by atoms with Gasteiger partial charge < -0.3 is 0 Å². The monoisotopic (exact) mass is 194 g/mol. The molecule has 1 aromatic rings. The lowest BCUT2D eigenvalue weighted by Crippen LogP contribution is -2.10. The minimum Gasteiger partial charge on any atom is -0.212 e. The van der Waals surface area contributed by atoms with Gasteiger partial charge in [-0.1, -0.05) is 32.0 Å². The summed E-state index contributed by atoms with van der Waals surface area (Å²) >= 11 is 3.62. The topological polar surface area (TPSA) is 31.2 Å². The number of nitrogens with zero attached hydrogens (tertiary/aromatic N) is 1. The standard InChI is InChI=1S/C10H12NOS/c1-7(2)8-5-3-4-6-9(8)10(12)11-13/h3-7,13H,1-2H3/q+1. The molecule has 0 saturated carbocycles. The van der Waals surface area contributed by atoms with Crippen LogP contribution in [0, 0.1) is 0 Å². The van der Waals surface area contributed by atoms with Crippen molar-refractivity contribution in [2.45, 2.75) is 19.8 Å². The average molecular weight is 194 g/mol. The maximum atomic E-state index is 11.3. The molecule has 2 nitrogen and oxygen atoms in total. The largest absolute Gasteiger partial charge is 0.468 e. The SMILES string of the molecule is CC(C)c1ccccc1C(=O)[N+]S. The van der Waals surface area contributed by atoms with E-state index in [9.17, 15) is 4.79 Å². The van der Waals surface area contributed by atoms with Gasteiger partial charge >= 0.3 is 5.91 Å². The molecule has 13 heavy (non-hydrogen) atoms. The van der Waals surface area contributed by atoms with Crippen molar-refractivity contribution in [2.75, 3.05) is 0 Å². The molecule has 0 aliphatic heterocycles. The molecular formula is C10H12NOS+. The average Bonchev–Trinajstić information content (AvgIpc) is 2.16. The molecule has 1 rings (SSSR count). The van der Waals surface area contributed by atoms with Crippen molar-refractivity contribution in [3.05, 3.63) is 35.4 Å². The predicted molar refractivity (Wildman–Crippen MR) is 56.0 cm³/mol. The van der Waals surface area contributed by atoms with Crippen molar-refractivity contribution >= 4 is 18.7 Å². The minimum atomic E-state index is -0.271. The third-order valence-electron chi connectivity index (χ3n) is 1.90. The Labute approximate surface area is 83.9 Å². The van der Waals surface area contributed by atoms with Gasteiger partial charge in [-0.3, -0.25) is 0 Å². The Morgan fingerprint density at radius 3 is 2.54 bits per heavy atom. The van der Waals surface area contributed by atoms with E-state index in [2.05, 4.69) is 17.5 Å². The lowest BCUT2D eigenvalue weighted by atomic mass is 9.97. The second kappa shape index (κ2) is 4.44. The summed E-state index contributed by atoms with van der Waals surface area (Å²) in [4.78, 5) is 11.3. The fraction of sp³-hybridized carbons (Fsp3) is 0.300. The third kappa shape index (κ3) is 2.32. The second-order valence-electron chi connectivity index (χ2n) is 3.15. The highest BCUT2D eigenvalue weighted by Crippen LogP contribution is 2.19. The van der Waals surface area contributed by atoms with Gasteiger partial charge in [-0.15, -0.1) is 0 Å². The van der Waals surface area contributed by atoms with Crippen LogP contribution in [0.1, 0.15) is 35.7 Å². The summed E-state index contributed by atoms with van der Waals surface area (Å²) in [6.45, 7) is 4.09. The molecular weight excluding hydrogens is 182 g/mol. The molecule has 1 amide bonds. The van der Waals surface area contributed by atoms with Crippen molar-refractivity contribution in [1.29, 1.82) is 0 Å². The number of thiol groups is 1. The van der Waals surface area contributed by atoms with Crippen LogP contribution in [-0.4, -0.2) is 5.91 Å². The van der Waals surface area contributed by atoms with Crippen LogP contribution in [0.4, 0.5) is 0 Å². The number of hydrogen-bond donors (Lipinski definition) is 1. The van der Waals surface area contributed by atoms with E-state index >= 15 is 0 Å². The maximum Gasteiger partial charge on any atom is 0.468 e. The molecule has 68 valence electrons. The summed E-state index contributed by atoms with van der Waals surface area (Å²) in [7, 11) is 0. The molecule has 0 aliphatic carbocycles. The summed E-state index contributed by atoms with van der Waals surface area (Å²) < 4.78 is 3.36. The Balaban J connectivity index is 3.12. The third-order valence-corrected chi connectivity index (χ3v) is 2.09. The zero-order chi connectivity index (χ0) is 9.84. The van der Waals surface area contributed by atoms with Crippen molar-refractivity contribution in [3.8, 4) is 0 Å². The summed E-state index contributed by atoms with van der Waals surface area (Å²) in [6.07, 6.45) is 0. The molecule has 0 spiro atoms. The Hall–Kier alpha value is -0.800. The number of amides is 1. The molecule has 0 atom stereocenters. The Morgan fingerprint density at radius 1 is 1.38 bits per heavy atom. The maximum absolute atomic E-state index is 11.3. The highest BCUT2D eigenvalue weighted by atomic mass is 32.1. The van der Waals surface area contributed by atoms with Crippen molar-refractivity contribution < 1.29 is 4.79 Å². The van der Waals surface area contributed by atoms with Crippen LogP contribution in [0.15, 0.2) is 24.3 Å². The van der Waals surface area contributed by atoms with Gasteiger partial charge in [-0.05, 0) is 17.5 Å². The number of carbonyl (C=O) groups is 1. The smallest absolute Gasteiger partial charge is 0.212 e. The van der Waals surface area contributed by atoms with E-state index in [-0.39, 0.29) is 5.91 Å². The lowest BCUT2D eigenvalue weighted by molar-refractivity contribution is 0.0980.